The summed E-state index contributed by atoms with van der Waals surface area (Å²) in [5.74, 6) is -0.887. The molecule has 0 spiro atoms. The van der Waals surface area contributed by atoms with E-state index in [-0.39, 0.29) is 70.6 Å². The molecule has 0 nitrogen and oxygen atoms in total. The zero-order valence-electron chi connectivity index (χ0n) is 7.82. The van der Waals surface area contributed by atoms with Crippen molar-refractivity contribution in [2.45, 2.75) is 25.7 Å². The normalized spacial score (nSPS) is 23.0. The summed E-state index contributed by atoms with van der Waals surface area (Å²) in [6.07, 6.45) is -2.03. The molecule has 1 rings (SSSR count). The van der Waals surface area contributed by atoms with Crippen LogP contribution < -0.4 is 51.4 Å². The maximum atomic E-state index is 12.1. The molecule has 0 heterocycles. The molecule has 0 aromatic heterocycles. The minimum absolute atomic E-state index is 0. The quantitative estimate of drug-likeness (QED) is 0.481. The summed E-state index contributed by atoms with van der Waals surface area (Å²) in [6.45, 7) is -4.95. The molecule has 0 saturated carbocycles. The molecule has 14 heavy (non-hydrogen) atoms. The van der Waals surface area contributed by atoms with E-state index in [1.807, 2.05) is 0 Å². The van der Waals surface area contributed by atoms with Crippen molar-refractivity contribution in [1.82, 2.24) is 0 Å². The van der Waals surface area contributed by atoms with E-state index in [2.05, 4.69) is 0 Å². The van der Waals surface area contributed by atoms with Gasteiger partial charge in [0.1, 0.15) is 0 Å². The second kappa shape index (κ2) is 5.98. The van der Waals surface area contributed by atoms with E-state index in [1.54, 1.807) is 0 Å². The van der Waals surface area contributed by atoms with Crippen LogP contribution in [0.4, 0.5) is 21.7 Å². The topological polar surface area (TPSA) is 0 Å². The van der Waals surface area contributed by atoms with Crippen LogP contribution >= 0.6 is 0 Å². The van der Waals surface area contributed by atoms with Gasteiger partial charge in [-0.2, -0.15) is 0 Å². The van der Waals surface area contributed by atoms with E-state index in [9.17, 15) is 21.7 Å². The molecule has 1 atom stereocenters. The van der Waals surface area contributed by atoms with E-state index in [4.69, 9.17) is 0 Å². The van der Waals surface area contributed by atoms with Crippen molar-refractivity contribution in [1.29, 1.82) is 0 Å². The fourth-order valence-electron chi connectivity index (χ4n) is 1.40. The predicted molar refractivity (Wildman–Crippen MR) is 40.5 cm³/mol. The summed E-state index contributed by atoms with van der Waals surface area (Å²) in [6, 6.07) is 0. The summed E-state index contributed by atoms with van der Waals surface area (Å²) in [4.78, 5) is 0. The zero-order chi connectivity index (χ0) is 10.1. The summed E-state index contributed by atoms with van der Waals surface area (Å²) in [7, 11) is 0. The summed E-state index contributed by atoms with van der Waals surface area (Å²) >= 11 is 0. The molecule has 7 heteroatoms. The number of hydrogen-bond acceptors (Lipinski definition) is 0. The fourth-order valence-corrected chi connectivity index (χ4v) is 1.40. The van der Waals surface area contributed by atoms with Crippen molar-refractivity contribution < 1.29 is 73.1 Å². The largest absolute Gasteiger partial charge is 1.00 e. The van der Waals surface area contributed by atoms with Gasteiger partial charge >= 0.3 is 58.4 Å². The van der Waals surface area contributed by atoms with Crippen LogP contribution in [-0.2, 0) is 0 Å². The number of rotatable bonds is 2. The van der Waals surface area contributed by atoms with E-state index in [0.29, 0.717) is 0 Å². The molecule has 0 bridgehead atoms. The van der Waals surface area contributed by atoms with Gasteiger partial charge < -0.3 is 12.9 Å². The third-order valence-electron chi connectivity index (χ3n) is 2.26. The molecule has 0 N–H and O–H groups in total. The molecule has 0 aromatic rings. The van der Waals surface area contributed by atoms with Crippen LogP contribution in [0.5, 0.6) is 0 Å². The number of halogens is 5. The Morgan fingerprint density at radius 2 is 1.86 bits per heavy atom. The first kappa shape index (κ1) is 15.1. The molecular weight excluding hydrogens is 229 g/mol. The Labute approximate surface area is 122 Å². The van der Waals surface area contributed by atoms with Crippen molar-refractivity contribution in [3.63, 3.8) is 0 Å². The van der Waals surface area contributed by atoms with Gasteiger partial charge in [-0.1, -0.05) is 6.42 Å². The van der Waals surface area contributed by atoms with Gasteiger partial charge in [0.2, 0.25) is 6.43 Å². The van der Waals surface area contributed by atoms with Gasteiger partial charge in [0.05, 0.1) is 0 Å². The van der Waals surface area contributed by atoms with E-state index >= 15 is 0 Å². The molecule has 1 aliphatic carbocycles. The van der Waals surface area contributed by atoms with Crippen molar-refractivity contribution in [3.05, 3.63) is 11.5 Å². The summed E-state index contributed by atoms with van der Waals surface area (Å²) in [5, 5.41) is 0. The molecular formula is C7H9BF5K. The Bertz CT molecular complexity index is 213. The number of alkyl halides is 2. The van der Waals surface area contributed by atoms with E-state index in [0.717, 1.165) is 6.08 Å². The van der Waals surface area contributed by atoms with Crippen LogP contribution in [0.1, 0.15) is 19.3 Å². The number of allylic oxidation sites excluding steroid dienone is 2. The molecule has 0 aromatic carbocycles. The standard InChI is InChI=1S/C7H9BF5.K/c9-7(10)5-1-3-6(4-2-5)8(11,12)13;/h3,5,7H,1-2,4H2;/q-1;+1. The average Bonchev–Trinajstić information content (AvgIpc) is 2.03. The number of hydrogen-bond donors (Lipinski definition) is 0. The van der Waals surface area contributed by atoms with Crippen molar-refractivity contribution in [2.24, 2.45) is 5.92 Å². The molecule has 1 unspecified atom stereocenters. The molecule has 0 radical (unpaired) electrons. The summed E-state index contributed by atoms with van der Waals surface area (Å²) < 4.78 is 60.3. The molecule has 0 saturated heterocycles. The van der Waals surface area contributed by atoms with Crippen molar-refractivity contribution in [2.75, 3.05) is 0 Å². The average molecular weight is 238 g/mol. The van der Waals surface area contributed by atoms with Crippen LogP contribution in [0.25, 0.3) is 0 Å². The van der Waals surface area contributed by atoms with Crippen LogP contribution in [-0.4, -0.2) is 13.4 Å². The first-order valence-corrected chi connectivity index (χ1v) is 4.08. The van der Waals surface area contributed by atoms with E-state index < -0.39 is 24.8 Å². The van der Waals surface area contributed by atoms with Crippen LogP contribution in [0.15, 0.2) is 11.5 Å². The van der Waals surface area contributed by atoms with Crippen LogP contribution in [0, 0.1) is 5.92 Å². The molecule has 1 aliphatic rings. The third kappa shape index (κ3) is 4.30. The van der Waals surface area contributed by atoms with Gasteiger partial charge in [0.15, 0.2) is 0 Å². The predicted octanol–water partition coefficient (Wildman–Crippen LogP) is 0.369. The van der Waals surface area contributed by atoms with E-state index in [1.165, 1.54) is 0 Å². The molecule has 0 fully saturated rings. The molecule has 0 aliphatic heterocycles. The van der Waals surface area contributed by atoms with Gasteiger partial charge in [-0.05, 0) is 12.8 Å². The van der Waals surface area contributed by atoms with Gasteiger partial charge in [0, 0.05) is 5.92 Å². The first-order chi connectivity index (χ1) is 5.91. The Balaban J connectivity index is 0.00000169. The molecule has 0 amide bonds. The SMILES string of the molecule is FC(F)C1CC=C([B-](F)(F)F)CC1.[K+]. The second-order valence-electron chi connectivity index (χ2n) is 3.22. The maximum absolute atomic E-state index is 12.1. The smallest absolute Gasteiger partial charge is 0.445 e. The second-order valence-corrected chi connectivity index (χ2v) is 3.22. The zero-order valence-corrected chi connectivity index (χ0v) is 10.9. The van der Waals surface area contributed by atoms with Gasteiger partial charge in [-0.25, -0.2) is 8.78 Å². The first-order valence-electron chi connectivity index (χ1n) is 4.08. The summed E-state index contributed by atoms with van der Waals surface area (Å²) in [5.41, 5.74) is -0.600. The fraction of sp³-hybridized carbons (Fsp3) is 0.714. The Hall–Kier alpha value is 1.09. The van der Waals surface area contributed by atoms with Crippen molar-refractivity contribution in [3.8, 4) is 0 Å². The minimum Gasteiger partial charge on any atom is -0.445 e. The van der Waals surface area contributed by atoms with Gasteiger partial charge in [-0.15, -0.1) is 11.5 Å². The van der Waals surface area contributed by atoms with Crippen LogP contribution in [0.2, 0.25) is 0 Å². The maximum Gasteiger partial charge on any atom is 1.00 e. The Kier molecular flexibility index (Phi) is 6.45. The van der Waals surface area contributed by atoms with Crippen molar-refractivity contribution >= 4 is 6.98 Å². The Morgan fingerprint density at radius 1 is 1.29 bits per heavy atom. The monoisotopic (exact) mass is 238 g/mol. The Morgan fingerprint density at radius 3 is 2.14 bits per heavy atom. The van der Waals surface area contributed by atoms with Gasteiger partial charge in [0.25, 0.3) is 0 Å². The van der Waals surface area contributed by atoms with Gasteiger partial charge in [-0.3, -0.25) is 0 Å². The van der Waals surface area contributed by atoms with Crippen LogP contribution in [0.3, 0.4) is 0 Å². The molecule has 76 valence electrons. The third-order valence-corrected chi connectivity index (χ3v) is 2.26. The minimum atomic E-state index is -4.95.